The third-order valence-corrected chi connectivity index (χ3v) is 10.9. The first-order chi connectivity index (χ1) is 21.6. The first-order valence-electron chi connectivity index (χ1n) is 18.6. The van der Waals surface area contributed by atoms with Crippen molar-refractivity contribution in [3.8, 4) is 0 Å². The molecule has 4 N–H and O–H groups in total. The molecular formula is C36H75NO7P+. The first-order valence-corrected chi connectivity index (χ1v) is 20.3. The van der Waals surface area contributed by atoms with Crippen molar-refractivity contribution in [3.05, 3.63) is 12.2 Å². The van der Waals surface area contributed by atoms with Crippen LogP contribution in [0.3, 0.4) is 0 Å². The number of quaternary nitrogens is 1. The molecule has 0 spiro atoms. The van der Waals surface area contributed by atoms with Crippen LogP contribution in [0.5, 0.6) is 0 Å². The average Bonchev–Trinajstić information content (AvgIpc) is 2.99. The van der Waals surface area contributed by atoms with Crippen molar-refractivity contribution >= 4 is 7.60 Å². The summed E-state index contributed by atoms with van der Waals surface area (Å²) in [5.74, 6) is -0.707. The monoisotopic (exact) mass is 665 g/mol. The molecule has 0 saturated heterocycles. The Bertz CT molecular complexity index is 720. The van der Waals surface area contributed by atoms with Crippen molar-refractivity contribution in [1.82, 2.24) is 0 Å². The van der Waals surface area contributed by atoms with Crippen molar-refractivity contribution in [2.45, 2.75) is 180 Å². The third-order valence-electron chi connectivity index (χ3n) is 8.78. The lowest BCUT2D eigenvalue weighted by molar-refractivity contribution is -0.904. The Hall–Kier alpha value is -0.310. The molecule has 0 aromatic carbocycles. The van der Waals surface area contributed by atoms with E-state index >= 15 is 0 Å². The zero-order valence-electron chi connectivity index (χ0n) is 29.9. The van der Waals surface area contributed by atoms with Crippen LogP contribution in [0.2, 0.25) is 0 Å². The van der Waals surface area contributed by atoms with E-state index in [0.29, 0.717) is 19.6 Å². The lowest BCUT2D eigenvalue weighted by Gasteiger charge is -2.39. The molecule has 0 heterocycles. The van der Waals surface area contributed by atoms with Gasteiger partial charge < -0.3 is 34.0 Å². The maximum absolute atomic E-state index is 13.2. The van der Waals surface area contributed by atoms with Gasteiger partial charge in [0.15, 0.2) is 12.1 Å². The van der Waals surface area contributed by atoms with Crippen LogP contribution in [0.15, 0.2) is 12.2 Å². The Morgan fingerprint density at radius 2 is 1.11 bits per heavy atom. The SMILES string of the molecule is CCCCCCCCCCC/C=C\CCCCCCCCCOC[C@@H](O)COP(=O)(O)C(CCCCC)[N+](C)(C)CCC(O)O. The van der Waals surface area contributed by atoms with E-state index in [0.717, 1.165) is 32.1 Å². The van der Waals surface area contributed by atoms with Gasteiger partial charge in [-0.25, -0.2) is 0 Å². The van der Waals surface area contributed by atoms with E-state index in [1.165, 1.54) is 103 Å². The Morgan fingerprint density at radius 1 is 0.644 bits per heavy atom. The fraction of sp³-hybridized carbons (Fsp3) is 0.944. The van der Waals surface area contributed by atoms with Gasteiger partial charge in [0.2, 0.25) is 0 Å². The van der Waals surface area contributed by atoms with Crippen LogP contribution in [0.4, 0.5) is 0 Å². The third kappa shape index (κ3) is 27.4. The second-order valence-corrected chi connectivity index (χ2v) is 15.7. The highest BCUT2D eigenvalue weighted by Gasteiger charge is 2.44. The number of allylic oxidation sites excluding steroid dienone is 2. The van der Waals surface area contributed by atoms with Gasteiger partial charge in [-0.05, 0) is 38.5 Å². The molecule has 9 heteroatoms. The van der Waals surface area contributed by atoms with Gasteiger partial charge in [-0.3, -0.25) is 4.57 Å². The van der Waals surface area contributed by atoms with E-state index in [2.05, 4.69) is 26.0 Å². The molecule has 0 aromatic rings. The Labute approximate surface area is 278 Å². The number of hydrogen-bond acceptors (Lipinski definition) is 6. The first kappa shape index (κ1) is 44.7. The number of unbranched alkanes of at least 4 members (excludes halogenated alkanes) is 18. The number of aliphatic hydroxyl groups is 3. The van der Waals surface area contributed by atoms with Gasteiger partial charge in [-0.2, -0.15) is 0 Å². The summed E-state index contributed by atoms with van der Waals surface area (Å²) in [6.45, 7) is 5.03. The summed E-state index contributed by atoms with van der Waals surface area (Å²) in [6.07, 6.45) is 28.9. The molecular weight excluding hydrogens is 589 g/mol. The Balaban J connectivity index is 3.86. The number of nitrogens with zero attached hydrogens (tertiary/aromatic N) is 1. The second kappa shape index (κ2) is 29.8. The van der Waals surface area contributed by atoms with E-state index in [1.54, 1.807) is 0 Å². The van der Waals surface area contributed by atoms with Gasteiger partial charge in [0.1, 0.15) is 6.10 Å². The molecule has 0 radical (unpaired) electrons. The van der Waals surface area contributed by atoms with Crippen LogP contribution >= 0.6 is 7.60 Å². The van der Waals surface area contributed by atoms with Crippen molar-refractivity contribution in [2.75, 3.05) is 40.5 Å². The maximum atomic E-state index is 13.2. The molecule has 45 heavy (non-hydrogen) atoms. The molecule has 0 bridgehead atoms. The largest absolute Gasteiger partial charge is 0.388 e. The summed E-state index contributed by atoms with van der Waals surface area (Å²) in [5.41, 5.74) is 0. The fourth-order valence-corrected chi connectivity index (χ4v) is 7.76. The van der Waals surface area contributed by atoms with Crippen LogP contribution in [0.1, 0.15) is 162 Å². The smallest absolute Gasteiger partial charge is 0.385 e. The summed E-state index contributed by atoms with van der Waals surface area (Å²) < 4.78 is 24.4. The average molecular weight is 665 g/mol. The van der Waals surface area contributed by atoms with Crippen LogP contribution in [-0.4, -0.2) is 83.3 Å². The van der Waals surface area contributed by atoms with Gasteiger partial charge in [0.05, 0.1) is 33.9 Å². The highest BCUT2D eigenvalue weighted by Crippen LogP contribution is 2.52. The van der Waals surface area contributed by atoms with Gasteiger partial charge in [-0.15, -0.1) is 0 Å². The molecule has 0 aliphatic carbocycles. The molecule has 3 atom stereocenters. The molecule has 0 rings (SSSR count). The Kier molecular flexibility index (Phi) is 29.6. The number of hydrogen-bond donors (Lipinski definition) is 4. The molecule has 0 saturated carbocycles. The summed E-state index contributed by atoms with van der Waals surface area (Å²) in [6, 6.07) is 0. The number of aliphatic hydroxyl groups excluding tert-OH is 2. The van der Waals surface area contributed by atoms with Gasteiger partial charge in [-0.1, -0.05) is 122 Å². The molecule has 0 aromatic heterocycles. The minimum absolute atomic E-state index is 0.0715. The maximum Gasteiger partial charge on any atom is 0.385 e. The van der Waals surface area contributed by atoms with Gasteiger partial charge in [0, 0.05) is 19.4 Å². The van der Waals surface area contributed by atoms with Gasteiger partial charge >= 0.3 is 7.60 Å². The van der Waals surface area contributed by atoms with E-state index < -0.39 is 25.8 Å². The molecule has 270 valence electrons. The molecule has 8 nitrogen and oxygen atoms in total. The van der Waals surface area contributed by atoms with E-state index in [1.807, 2.05) is 14.1 Å². The number of ether oxygens (including phenoxy) is 1. The molecule has 0 aliphatic heterocycles. The summed E-state index contributed by atoms with van der Waals surface area (Å²) in [4.78, 5) is 10.8. The highest BCUT2D eigenvalue weighted by atomic mass is 31.2. The van der Waals surface area contributed by atoms with Crippen molar-refractivity contribution in [3.63, 3.8) is 0 Å². The number of rotatable bonds is 34. The van der Waals surface area contributed by atoms with Crippen molar-refractivity contribution < 1.29 is 38.5 Å². The molecule has 2 unspecified atom stereocenters. The minimum Gasteiger partial charge on any atom is -0.388 e. The minimum atomic E-state index is -4.07. The second-order valence-electron chi connectivity index (χ2n) is 13.7. The standard InChI is InChI=1S/C36H74NO7P/c1-5-7-9-10-11-12-13-14-15-16-17-18-19-20-21-22-23-24-25-27-31-43-32-34(38)33-44-45(41,42)35(28-26-8-6-2)37(3,4)30-29-36(39)40/h17-18,34-36,38-40H,5-16,19-33H2,1-4H3/p+1/b18-17-/t34-,35?/m1/s1. The predicted octanol–water partition coefficient (Wildman–Crippen LogP) is 8.85. The summed E-state index contributed by atoms with van der Waals surface area (Å²) in [7, 11) is -0.454. The normalized spacial score (nSPS) is 15.2. The molecule has 0 fully saturated rings. The highest BCUT2D eigenvalue weighted by molar-refractivity contribution is 7.53. The van der Waals surface area contributed by atoms with E-state index in [4.69, 9.17) is 9.26 Å². The Morgan fingerprint density at radius 3 is 1.62 bits per heavy atom. The predicted molar refractivity (Wildman–Crippen MR) is 188 cm³/mol. The molecule has 0 aliphatic rings. The van der Waals surface area contributed by atoms with Crippen LogP contribution < -0.4 is 0 Å². The zero-order valence-corrected chi connectivity index (χ0v) is 30.8. The van der Waals surface area contributed by atoms with E-state index in [9.17, 15) is 24.8 Å². The van der Waals surface area contributed by atoms with Gasteiger partial charge in [0.25, 0.3) is 0 Å². The van der Waals surface area contributed by atoms with E-state index in [-0.39, 0.29) is 24.1 Å². The quantitative estimate of drug-likeness (QED) is 0.0179. The summed E-state index contributed by atoms with van der Waals surface area (Å²) >= 11 is 0. The summed E-state index contributed by atoms with van der Waals surface area (Å²) in [5, 5.41) is 28.9. The van der Waals surface area contributed by atoms with Crippen LogP contribution in [-0.2, 0) is 13.8 Å². The lowest BCUT2D eigenvalue weighted by Crippen LogP contribution is -2.50. The van der Waals surface area contributed by atoms with Crippen LogP contribution in [0, 0.1) is 0 Å². The molecule has 0 amide bonds. The van der Waals surface area contributed by atoms with Crippen molar-refractivity contribution in [2.24, 2.45) is 0 Å². The lowest BCUT2D eigenvalue weighted by atomic mass is 10.1. The van der Waals surface area contributed by atoms with Crippen LogP contribution in [0.25, 0.3) is 0 Å². The topological polar surface area (TPSA) is 116 Å². The van der Waals surface area contributed by atoms with Crippen molar-refractivity contribution in [1.29, 1.82) is 0 Å². The fourth-order valence-electron chi connectivity index (χ4n) is 5.79. The zero-order chi connectivity index (χ0) is 33.7.